The standard InChI is InChI=1S/C22H20ClN3O2S/c23-17-6-1-5-16(13-17)15-25-10-4-11-26(22(25)28)19-8-2-7-18(14-19)24-21(27)20-9-3-12-29-20/h1-3,5-9,12-14H,4,10-11,15H2,(H,24,27). The van der Waals surface area contributed by atoms with Crippen molar-refractivity contribution in [2.45, 2.75) is 13.0 Å². The van der Waals surface area contributed by atoms with E-state index in [1.54, 1.807) is 11.0 Å². The summed E-state index contributed by atoms with van der Waals surface area (Å²) in [4.78, 5) is 29.6. The highest BCUT2D eigenvalue weighted by atomic mass is 35.5. The Balaban J connectivity index is 1.48. The van der Waals surface area contributed by atoms with Crippen LogP contribution < -0.4 is 10.2 Å². The van der Waals surface area contributed by atoms with Crippen LogP contribution in [0.3, 0.4) is 0 Å². The highest BCUT2D eigenvalue weighted by Gasteiger charge is 2.27. The Bertz CT molecular complexity index is 1020. The fraction of sp³-hybridized carbons (Fsp3) is 0.182. The topological polar surface area (TPSA) is 52.7 Å². The zero-order chi connectivity index (χ0) is 20.2. The highest BCUT2D eigenvalue weighted by molar-refractivity contribution is 7.12. The molecule has 2 aromatic carbocycles. The minimum absolute atomic E-state index is 0.0436. The third-order valence-electron chi connectivity index (χ3n) is 4.73. The second-order valence-electron chi connectivity index (χ2n) is 6.82. The first kappa shape index (κ1) is 19.5. The van der Waals surface area contributed by atoms with Crippen molar-refractivity contribution in [2.75, 3.05) is 23.3 Å². The molecule has 3 aromatic rings. The molecule has 0 atom stereocenters. The van der Waals surface area contributed by atoms with E-state index in [0.717, 1.165) is 17.7 Å². The quantitative estimate of drug-likeness (QED) is 0.587. The number of halogens is 1. The summed E-state index contributed by atoms with van der Waals surface area (Å²) >= 11 is 7.46. The maximum atomic E-state index is 13.1. The molecule has 1 saturated heterocycles. The predicted molar refractivity (Wildman–Crippen MR) is 118 cm³/mol. The molecule has 0 bridgehead atoms. The molecule has 7 heteroatoms. The highest BCUT2D eigenvalue weighted by Crippen LogP contribution is 2.25. The molecule has 0 saturated carbocycles. The van der Waals surface area contributed by atoms with Crippen LogP contribution in [0.4, 0.5) is 16.2 Å². The van der Waals surface area contributed by atoms with Gasteiger partial charge < -0.3 is 10.2 Å². The Labute approximate surface area is 178 Å². The largest absolute Gasteiger partial charge is 0.324 e. The smallest absolute Gasteiger partial charge is 0.321 e. The lowest BCUT2D eigenvalue weighted by molar-refractivity contribution is 0.103. The Morgan fingerprint density at radius 2 is 1.93 bits per heavy atom. The van der Waals surface area contributed by atoms with E-state index < -0.39 is 0 Å². The number of anilines is 2. The van der Waals surface area contributed by atoms with Gasteiger partial charge in [-0.1, -0.05) is 35.9 Å². The first-order valence-corrected chi connectivity index (χ1v) is 10.6. The van der Waals surface area contributed by atoms with E-state index >= 15 is 0 Å². The maximum Gasteiger partial charge on any atom is 0.324 e. The molecule has 1 aliphatic rings. The van der Waals surface area contributed by atoms with Crippen LogP contribution in [-0.4, -0.2) is 29.9 Å². The maximum absolute atomic E-state index is 13.1. The minimum atomic E-state index is -0.148. The first-order valence-electron chi connectivity index (χ1n) is 9.36. The number of carbonyl (C=O) groups is 2. The molecule has 148 valence electrons. The summed E-state index contributed by atoms with van der Waals surface area (Å²) in [6.07, 6.45) is 0.873. The molecule has 29 heavy (non-hydrogen) atoms. The molecule has 3 amide bonds. The second kappa shape index (κ2) is 8.68. The van der Waals surface area contributed by atoms with Gasteiger partial charge >= 0.3 is 6.03 Å². The van der Waals surface area contributed by atoms with E-state index in [1.165, 1.54) is 11.3 Å². The van der Waals surface area contributed by atoms with E-state index in [1.807, 2.05) is 64.9 Å². The van der Waals surface area contributed by atoms with Crippen LogP contribution in [-0.2, 0) is 6.54 Å². The van der Waals surface area contributed by atoms with E-state index in [-0.39, 0.29) is 11.9 Å². The normalized spacial score (nSPS) is 14.2. The van der Waals surface area contributed by atoms with Gasteiger partial charge in [0.1, 0.15) is 0 Å². The van der Waals surface area contributed by atoms with Crippen molar-refractivity contribution < 1.29 is 9.59 Å². The van der Waals surface area contributed by atoms with Crippen LogP contribution in [0.15, 0.2) is 66.0 Å². The summed E-state index contributed by atoms with van der Waals surface area (Å²) in [5.74, 6) is -0.148. The molecule has 0 spiro atoms. The van der Waals surface area contributed by atoms with Gasteiger partial charge in [-0.2, -0.15) is 0 Å². The van der Waals surface area contributed by atoms with Crippen LogP contribution in [0, 0.1) is 0 Å². The van der Waals surface area contributed by atoms with Gasteiger partial charge in [0, 0.05) is 36.0 Å². The molecule has 5 nitrogen and oxygen atoms in total. The SMILES string of the molecule is O=C(Nc1cccc(N2CCCN(Cc3cccc(Cl)c3)C2=O)c1)c1cccs1. The third kappa shape index (κ3) is 4.60. The number of amides is 3. The summed E-state index contributed by atoms with van der Waals surface area (Å²) in [6, 6.07) is 18.6. The van der Waals surface area contributed by atoms with Crippen molar-refractivity contribution in [3.8, 4) is 0 Å². The van der Waals surface area contributed by atoms with Gasteiger partial charge in [0.25, 0.3) is 5.91 Å². The monoisotopic (exact) mass is 425 g/mol. The zero-order valence-corrected chi connectivity index (χ0v) is 17.2. The van der Waals surface area contributed by atoms with E-state index in [4.69, 9.17) is 11.6 Å². The molecule has 1 fully saturated rings. The van der Waals surface area contributed by atoms with Gasteiger partial charge in [-0.05, 0) is 53.8 Å². The first-order chi connectivity index (χ1) is 14.1. The molecule has 0 unspecified atom stereocenters. The molecule has 2 heterocycles. The summed E-state index contributed by atoms with van der Waals surface area (Å²) < 4.78 is 0. The number of nitrogens with zero attached hydrogens (tertiary/aromatic N) is 2. The van der Waals surface area contributed by atoms with Gasteiger partial charge in [-0.15, -0.1) is 11.3 Å². The lowest BCUT2D eigenvalue weighted by atomic mass is 10.1. The summed E-state index contributed by atoms with van der Waals surface area (Å²) in [5, 5.41) is 5.43. The Kier molecular flexibility index (Phi) is 5.83. The zero-order valence-electron chi connectivity index (χ0n) is 15.7. The fourth-order valence-electron chi connectivity index (χ4n) is 3.38. The molecule has 1 aliphatic heterocycles. The van der Waals surface area contributed by atoms with Crippen LogP contribution >= 0.6 is 22.9 Å². The third-order valence-corrected chi connectivity index (χ3v) is 5.84. The lowest BCUT2D eigenvalue weighted by Gasteiger charge is -2.36. The Morgan fingerprint density at radius 3 is 2.72 bits per heavy atom. The van der Waals surface area contributed by atoms with Crippen molar-refractivity contribution in [1.82, 2.24) is 4.90 Å². The number of thiophene rings is 1. The number of nitrogens with one attached hydrogen (secondary N) is 1. The second-order valence-corrected chi connectivity index (χ2v) is 8.21. The van der Waals surface area contributed by atoms with Crippen LogP contribution in [0.1, 0.15) is 21.7 Å². The number of hydrogen-bond donors (Lipinski definition) is 1. The van der Waals surface area contributed by atoms with Gasteiger partial charge in [0.05, 0.1) is 4.88 Å². The van der Waals surface area contributed by atoms with Gasteiger partial charge in [-0.25, -0.2) is 4.79 Å². The number of carbonyl (C=O) groups excluding carboxylic acids is 2. The van der Waals surface area contributed by atoms with Crippen LogP contribution in [0.25, 0.3) is 0 Å². The van der Waals surface area contributed by atoms with Crippen molar-refractivity contribution in [3.63, 3.8) is 0 Å². The molecular weight excluding hydrogens is 406 g/mol. The minimum Gasteiger partial charge on any atom is -0.321 e. The Morgan fingerprint density at radius 1 is 1.07 bits per heavy atom. The van der Waals surface area contributed by atoms with Crippen molar-refractivity contribution in [3.05, 3.63) is 81.5 Å². The molecule has 1 aromatic heterocycles. The number of urea groups is 1. The number of rotatable bonds is 5. The Hall–Kier alpha value is -2.83. The molecule has 0 aliphatic carbocycles. The van der Waals surface area contributed by atoms with E-state index in [9.17, 15) is 9.59 Å². The van der Waals surface area contributed by atoms with Gasteiger partial charge in [-0.3, -0.25) is 9.69 Å². The average molecular weight is 426 g/mol. The molecular formula is C22H20ClN3O2S. The van der Waals surface area contributed by atoms with E-state index in [2.05, 4.69) is 5.32 Å². The van der Waals surface area contributed by atoms with E-state index in [0.29, 0.717) is 35.2 Å². The van der Waals surface area contributed by atoms with Gasteiger partial charge in [0.15, 0.2) is 0 Å². The van der Waals surface area contributed by atoms with Crippen LogP contribution in [0.5, 0.6) is 0 Å². The molecule has 1 N–H and O–H groups in total. The number of hydrogen-bond acceptors (Lipinski definition) is 3. The van der Waals surface area contributed by atoms with Crippen LogP contribution in [0.2, 0.25) is 5.02 Å². The van der Waals surface area contributed by atoms with Gasteiger partial charge in [0.2, 0.25) is 0 Å². The average Bonchev–Trinajstić information content (AvgIpc) is 3.25. The summed E-state index contributed by atoms with van der Waals surface area (Å²) in [7, 11) is 0. The summed E-state index contributed by atoms with van der Waals surface area (Å²) in [6.45, 7) is 1.87. The predicted octanol–water partition coefficient (Wildman–Crippen LogP) is 5.49. The summed E-state index contributed by atoms with van der Waals surface area (Å²) in [5.41, 5.74) is 2.44. The molecule has 4 rings (SSSR count). The van der Waals surface area contributed by atoms with Crippen molar-refractivity contribution >= 4 is 46.3 Å². The fourth-order valence-corrected chi connectivity index (χ4v) is 4.21. The molecule has 0 radical (unpaired) electrons. The van der Waals surface area contributed by atoms with Crippen molar-refractivity contribution in [2.24, 2.45) is 0 Å². The van der Waals surface area contributed by atoms with Crippen molar-refractivity contribution in [1.29, 1.82) is 0 Å². The number of benzene rings is 2. The lowest BCUT2D eigenvalue weighted by Crippen LogP contribution is -2.49.